The largest absolute Gasteiger partial charge is 0.271 e. The summed E-state index contributed by atoms with van der Waals surface area (Å²) in [6.07, 6.45) is 0. The maximum Gasteiger partial charge on any atom is 0.123 e. The zero-order chi connectivity index (χ0) is 14.0. The second-order valence-corrected chi connectivity index (χ2v) is 5.02. The van der Waals surface area contributed by atoms with Crippen molar-refractivity contribution in [3.05, 3.63) is 69.5 Å². The van der Waals surface area contributed by atoms with Crippen molar-refractivity contribution in [1.82, 2.24) is 5.43 Å². The highest BCUT2D eigenvalue weighted by atomic mass is 35.5. The van der Waals surface area contributed by atoms with Gasteiger partial charge in [0.1, 0.15) is 5.82 Å². The lowest BCUT2D eigenvalue weighted by atomic mass is 9.94. The Balaban J connectivity index is 2.46. The van der Waals surface area contributed by atoms with E-state index in [0.717, 1.165) is 27.3 Å². The van der Waals surface area contributed by atoms with E-state index in [4.69, 9.17) is 17.4 Å². The van der Waals surface area contributed by atoms with Gasteiger partial charge in [0.05, 0.1) is 6.04 Å². The number of nitrogens with one attached hydrogen (secondary N) is 1. The number of halogens is 2. The molecule has 0 saturated heterocycles. The lowest BCUT2D eigenvalue weighted by Crippen LogP contribution is -2.29. The maximum absolute atomic E-state index is 13.2. The molecule has 0 heterocycles. The summed E-state index contributed by atoms with van der Waals surface area (Å²) in [5.41, 5.74) is 6.57. The third-order valence-electron chi connectivity index (χ3n) is 3.22. The smallest absolute Gasteiger partial charge is 0.123 e. The molecule has 2 rings (SSSR count). The molecule has 0 aliphatic heterocycles. The lowest BCUT2D eigenvalue weighted by Gasteiger charge is -2.20. The van der Waals surface area contributed by atoms with Gasteiger partial charge < -0.3 is 0 Å². The molecule has 1 atom stereocenters. The van der Waals surface area contributed by atoms with Gasteiger partial charge in [-0.1, -0.05) is 29.8 Å². The molecule has 0 aliphatic rings. The van der Waals surface area contributed by atoms with Crippen LogP contribution in [0.25, 0.3) is 0 Å². The average Bonchev–Trinajstić information content (AvgIpc) is 2.37. The first-order chi connectivity index (χ1) is 9.02. The zero-order valence-corrected chi connectivity index (χ0v) is 11.6. The molecule has 2 nitrogen and oxygen atoms in total. The van der Waals surface area contributed by atoms with Crippen LogP contribution in [-0.4, -0.2) is 0 Å². The lowest BCUT2D eigenvalue weighted by molar-refractivity contribution is 0.612. The molecule has 2 aromatic carbocycles. The van der Waals surface area contributed by atoms with Gasteiger partial charge in [-0.25, -0.2) is 9.82 Å². The van der Waals surface area contributed by atoms with E-state index in [-0.39, 0.29) is 11.9 Å². The van der Waals surface area contributed by atoms with Crippen molar-refractivity contribution in [3.8, 4) is 0 Å². The van der Waals surface area contributed by atoms with Gasteiger partial charge in [0.2, 0.25) is 0 Å². The van der Waals surface area contributed by atoms with Gasteiger partial charge in [-0.15, -0.1) is 0 Å². The molecule has 0 bridgehead atoms. The Labute approximate surface area is 117 Å². The second-order valence-electron chi connectivity index (χ2n) is 4.61. The molecule has 0 spiro atoms. The maximum atomic E-state index is 13.2. The summed E-state index contributed by atoms with van der Waals surface area (Å²) in [5.74, 6) is 5.41. The first kappa shape index (κ1) is 14.0. The first-order valence-corrected chi connectivity index (χ1v) is 6.39. The number of aryl methyl sites for hydroxylation is 2. The van der Waals surface area contributed by atoms with Crippen molar-refractivity contribution in [3.63, 3.8) is 0 Å². The average molecular weight is 279 g/mol. The van der Waals surface area contributed by atoms with Gasteiger partial charge in [-0.3, -0.25) is 5.84 Å². The minimum Gasteiger partial charge on any atom is -0.271 e. The number of hydrogen-bond donors (Lipinski definition) is 2. The van der Waals surface area contributed by atoms with Crippen molar-refractivity contribution < 1.29 is 4.39 Å². The van der Waals surface area contributed by atoms with E-state index in [2.05, 4.69) is 5.43 Å². The monoisotopic (exact) mass is 278 g/mol. The number of benzene rings is 2. The van der Waals surface area contributed by atoms with E-state index in [1.165, 1.54) is 12.1 Å². The highest BCUT2D eigenvalue weighted by molar-refractivity contribution is 6.31. The van der Waals surface area contributed by atoms with E-state index in [1.54, 1.807) is 6.07 Å². The molecule has 0 amide bonds. The SMILES string of the molecule is Cc1cc(C(NN)c2ccc(F)cc2C)ccc1Cl. The van der Waals surface area contributed by atoms with Crippen LogP contribution in [0.5, 0.6) is 0 Å². The Morgan fingerprint density at radius 3 is 2.42 bits per heavy atom. The van der Waals surface area contributed by atoms with Crippen LogP contribution < -0.4 is 11.3 Å². The molecular weight excluding hydrogens is 263 g/mol. The van der Waals surface area contributed by atoms with Crippen LogP contribution in [0, 0.1) is 19.7 Å². The third kappa shape index (κ3) is 2.95. The van der Waals surface area contributed by atoms with Gasteiger partial charge >= 0.3 is 0 Å². The molecule has 100 valence electrons. The molecule has 3 N–H and O–H groups in total. The van der Waals surface area contributed by atoms with E-state index in [9.17, 15) is 4.39 Å². The van der Waals surface area contributed by atoms with Crippen LogP contribution in [-0.2, 0) is 0 Å². The van der Waals surface area contributed by atoms with Crippen LogP contribution in [0.1, 0.15) is 28.3 Å². The predicted octanol–water partition coefficient (Wildman–Crippen LogP) is 3.65. The fourth-order valence-electron chi connectivity index (χ4n) is 2.18. The molecule has 1 unspecified atom stereocenters. The molecule has 0 fully saturated rings. The summed E-state index contributed by atoms with van der Waals surface area (Å²) >= 11 is 6.03. The van der Waals surface area contributed by atoms with Crippen molar-refractivity contribution in [1.29, 1.82) is 0 Å². The van der Waals surface area contributed by atoms with E-state index >= 15 is 0 Å². The summed E-state index contributed by atoms with van der Waals surface area (Å²) in [6, 6.07) is 10.3. The van der Waals surface area contributed by atoms with E-state index < -0.39 is 0 Å². The summed E-state index contributed by atoms with van der Waals surface area (Å²) < 4.78 is 13.2. The first-order valence-electron chi connectivity index (χ1n) is 6.01. The van der Waals surface area contributed by atoms with Crippen LogP contribution in [0.3, 0.4) is 0 Å². The van der Waals surface area contributed by atoms with Gasteiger partial charge in [0.15, 0.2) is 0 Å². The Hall–Kier alpha value is -1.42. The second kappa shape index (κ2) is 5.70. The van der Waals surface area contributed by atoms with Crippen LogP contribution >= 0.6 is 11.6 Å². The van der Waals surface area contributed by atoms with Crippen molar-refractivity contribution in [2.75, 3.05) is 0 Å². The van der Waals surface area contributed by atoms with Crippen molar-refractivity contribution in [2.45, 2.75) is 19.9 Å². The molecule has 0 radical (unpaired) electrons. The molecule has 0 saturated carbocycles. The molecule has 19 heavy (non-hydrogen) atoms. The summed E-state index contributed by atoms with van der Waals surface area (Å²) in [6.45, 7) is 3.81. The van der Waals surface area contributed by atoms with Gasteiger partial charge in [0.25, 0.3) is 0 Å². The quantitative estimate of drug-likeness (QED) is 0.664. The Kier molecular flexibility index (Phi) is 4.20. The summed E-state index contributed by atoms with van der Waals surface area (Å²) in [5, 5.41) is 0.718. The van der Waals surface area contributed by atoms with Crippen molar-refractivity contribution >= 4 is 11.6 Å². The van der Waals surface area contributed by atoms with Gasteiger partial charge in [-0.05, 0) is 54.3 Å². The topological polar surface area (TPSA) is 38.0 Å². The number of rotatable bonds is 3. The molecule has 4 heteroatoms. The normalized spacial score (nSPS) is 12.5. The highest BCUT2D eigenvalue weighted by Gasteiger charge is 2.15. The number of hydrazine groups is 1. The van der Waals surface area contributed by atoms with E-state index in [0.29, 0.717) is 0 Å². The molecule has 0 aliphatic carbocycles. The Morgan fingerprint density at radius 1 is 1.11 bits per heavy atom. The fourth-order valence-corrected chi connectivity index (χ4v) is 2.29. The van der Waals surface area contributed by atoms with Gasteiger partial charge in [0, 0.05) is 5.02 Å². The van der Waals surface area contributed by atoms with Crippen LogP contribution in [0.4, 0.5) is 4.39 Å². The minimum atomic E-state index is -0.246. The minimum absolute atomic E-state index is 0.184. The summed E-state index contributed by atoms with van der Waals surface area (Å²) in [4.78, 5) is 0. The Bertz CT molecular complexity index is 599. The zero-order valence-electron chi connectivity index (χ0n) is 10.9. The summed E-state index contributed by atoms with van der Waals surface area (Å²) in [7, 11) is 0. The van der Waals surface area contributed by atoms with E-state index in [1.807, 2.05) is 32.0 Å². The Morgan fingerprint density at radius 2 is 1.84 bits per heavy atom. The number of nitrogens with two attached hydrogens (primary N) is 1. The van der Waals surface area contributed by atoms with Crippen LogP contribution in [0.2, 0.25) is 5.02 Å². The third-order valence-corrected chi connectivity index (χ3v) is 3.65. The molecule has 2 aromatic rings. The molecule has 0 aromatic heterocycles. The predicted molar refractivity (Wildman–Crippen MR) is 76.5 cm³/mol. The highest BCUT2D eigenvalue weighted by Crippen LogP contribution is 2.27. The fraction of sp³-hybridized carbons (Fsp3) is 0.200. The van der Waals surface area contributed by atoms with Crippen LogP contribution in [0.15, 0.2) is 36.4 Å². The number of hydrogen-bond acceptors (Lipinski definition) is 2. The molecular formula is C15H16ClFN2. The van der Waals surface area contributed by atoms with Crippen molar-refractivity contribution in [2.24, 2.45) is 5.84 Å². The van der Waals surface area contributed by atoms with Gasteiger partial charge in [-0.2, -0.15) is 0 Å². The standard InChI is InChI=1S/C15H16ClFN2/c1-9-8-12(17)4-5-13(9)15(19-18)11-3-6-14(16)10(2)7-11/h3-8,15,19H,18H2,1-2H3.